The summed E-state index contributed by atoms with van der Waals surface area (Å²) in [6.45, 7) is 0. The Morgan fingerprint density at radius 2 is 1.65 bits per heavy atom. The number of fused-ring (bicyclic) bond motifs is 1. The summed E-state index contributed by atoms with van der Waals surface area (Å²) in [7, 11) is 1.63. The zero-order valence-electron chi connectivity index (χ0n) is 16.8. The maximum absolute atomic E-state index is 12.2. The topological polar surface area (TPSA) is 89.4 Å². The minimum atomic E-state index is -0.275. The lowest BCUT2D eigenvalue weighted by atomic mass is 9.93. The summed E-state index contributed by atoms with van der Waals surface area (Å²) in [5.74, 6) is 0.856. The Balaban J connectivity index is 1.55. The lowest BCUT2D eigenvalue weighted by Crippen LogP contribution is -2.30. The number of hydrogen-bond donors (Lipinski definition) is 1. The fraction of sp³-hybridized carbons (Fsp3) is 0.273. The number of hydrogen-bond acceptors (Lipinski definition) is 6. The number of rotatable bonds is 4. The van der Waals surface area contributed by atoms with Gasteiger partial charge in [0, 0.05) is 17.9 Å². The molecule has 31 heavy (non-hydrogen) atoms. The largest absolute Gasteiger partial charge is 0.497 e. The molecule has 0 aliphatic carbocycles. The van der Waals surface area contributed by atoms with Crippen LogP contribution in [-0.2, 0) is 9.59 Å². The van der Waals surface area contributed by atoms with Crippen molar-refractivity contribution in [2.75, 3.05) is 17.3 Å². The molecule has 0 radical (unpaired) electrons. The van der Waals surface area contributed by atoms with Crippen molar-refractivity contribution in [3.63, 3.8) is 0 Å². The lowest BCUT2D eigenvalue weighted by molar-refractivity contribution is -0.121. The van der Waals surface area contributed by atoms with Crippen LogP contribution in [0, 0.1) is 0 Å². The van der Waals surface area contributed by atoms with Crippen molar-refractivity contribution in [2.24, 2.45) is 0 Å². The van der Waals surface area contributed by atoms with Crippen molar-refractivity contribution in [1.82, 2.24) is 14.8 Å². The van der Waals surface area contributed by atoms with E-state index in [0.717, 1.165) is 21.8 Å². The van der Waals surface area contributed by atoms with Gasteiger partial charge in [-0.15, -0.1) is 5.10 Å². The van der Waals surface area contributed by atoms with Gasteiger partial charge in [-0.25, -0.2) is 9.58 Å². The van der Waals surface area contributed by atoms with Gasteiger partial charge in [0.05, 0.1) is 19.2 Å². The van der Waals surface area contributed by atoms with Crippen LogP contribution < -0.4 is 15.0 Å². The second-order valence-electron chi connectivity index (χ2n) is 7.58. The second-order valence-corrected chi connectivity index (χ2v) is 8.01. The van der Waals surface area contributed by atoms with Crippen LogP contribution in [0.2, 0.25) is 5.02 Å². The van der Waals surface area contributed by atoms with E-state index in [1.165, 1.54) is 0 Å². The number of carbonyl (C=O) groups excluding carboxylic acids is 2. The number of benzene rings is 2. The van der Waals surface area contributed by atoms with E-state index in [1.807, 2.05) is 48.5 Å². The number of ether oxygens (including phenoxy) is 1. The Kier molecular flexibility index (Phi) is 4.86. The number of aromatic nitrogens is 3. The van der Waals surface area contributed by atoms with Crippen LogP contribution in [0.4, 0.5) is 11.9 Å². The first-order valence-corrected chi connectivity index (χ1v) is 10.4. The van der Waals surface area contributed by atoms with Crippen LogP contribution >= 0.6 is 11.6 Å². The number of nitrogens with zero attached hydrogens (tertiary/aromatic N) is 4. The summed E-state index contributed by atoms with van der Waals surface area (Å²) in [5.41, 5.74) is 2.09. The number of amides is 2. The molecule has 8 nitrogen and oxygen atoms in total. The van der Waals surface area contributed by atoms with Crippen molar-refractivity contribution in [3.8, 4) is 5.75 Å². The third-order valence-electron chi connectivity index (χ3n) is 5.70. The molecule has 158 valence electrons. The van der Waals surface area contributed by atoms with Gasteiger partial charge in [-0.2, -0.15) is 4.98 Å². The molecule has 1 aromatic heterocycles. The Morgan fingerprint density at radius 3 is 2.29 bits per heavy atom. The van der Waals surface area contributed by atoms with Crippen molar-refractivity contribution >= 4 is 35.3 Å². The summed E-state index contributed by atoms with van der Waals surface area (Å²) in [6.07, 6.45) is 1.07. The normalized spacial score (nSPS) is 20.5. The smallest absolute Gasteiger partial charge is 0.260 e. The molecule has 3 heterocycles. The van der Waals surface area contributed by atoms with E-state index in [9.17, 15) is 9.59 Å². The zero-order valence-corrected chi connectivity index (χ0v) is 17.5. The number of imide groups is 1. The Bertz CT molecular complexity index is 1130. The van der Waals surface area contributed by atoms with Gasteiger partial charge < -0.3 is 10.1 Å². The van der Waals surface area contributed by atoms with Crippen molar-refractivity contribution in [1.29, 1.82) is 0 Å². The summed E-state index contributed by atoms with van der Waals surface area (Å²) >= 11 is 6.09. The van der Waals surface area contributed by atoms with Crippen LogP contribution in [0.1, 0.15) is 42.5 Å². The summed E-state index contributed by atoms with van der Waals surface area (Å²) in [5, 5.41) is 8.60. The van der Waals surface area contributed by atoms with Gasteiger partial charge in [0.15, 0.2) is 0 Å². The van der Waals surface area contributed by atoms with E-state index in [-0.39, 0.29) is 42.7 Å². The van der Waals surface area contributed by atoms with Crippen molar-refractivity contribution in [2.45, 2.75) is 31.3 Å². The quantitative estimate of drug-likeness (QED) is 0.625. The maximum atomic E-state index is 12.2. The summed E-state index contributed by atoms with van der Waals surface area (Å²) < 4.78 is 7.01. The molecule has 5 rings (SSSR count). The van der Waals surface area contributed by atoms with Crippen LogP contribution in [0.25, 0.3) is 0 Å². The minimum absolute atomic E-state index is 0.0406. The molecule has 3 aromatic rings. The third-order valence-corrected chi connectivity index (χ3v) is 5.95. The predicted octanol–water partition coefficient (Wildman–Crippen LogP) is 3.74. The van der Waals surface area contributed by atoms with Crippen LogP contribution in [-0.4, -0.2) is 33.7 Å². The fourth-order valence-corrected chi connectivity index (χ4v) is 4.20. The molecule has 2 aliphatic rings. The zero-order chi connectivity index (χ0) is 21.5. The lowest BCUT2D eigenvalue weighted by Gasteiger charge is -2.31. The van der Waals surface area contributed by atoms with E-state index >= 15 is 0 Å². The Morgan fingerprint density at radius 1 is 1.00 bits per heavy atom. The maximum Gasteiger partial charge on any atom is 0.260 e. The van der Waals surface area contributed by atoms with Gasteiger partial charge in [-0.1, -0.05) is 35.9 Å². The molecule has 2 aromatic carbocycles. The average molecular weight is 438 g/mol. The molecular weight excluding hydrogens is 418 g/mol. The molecule has 0 spiro atoms. The molecule has 2 atom stereocenters. The molecule has 2 aliphatic heterocycles. The van der Waals surface area contributed by atoms with Gasteiger partial charge in [0.2, 0.25) is 17.8 Å². The number of nitrogens with one attached hydrogen (secondary N) is 1. The number of methoxy groups -OCH3 is 1. The second kappa shape index (κ2) is 7.70. The predicted molar refractivity (Wildman–Crippen MR) is 115 cm³/mol. The highest BCUT2D eigenvalue weighted by Gasteiger charge is 2.37. The highest BCUT2D eigenvalue weighted by molar-refractivity contribution is 6.30. The Hall–Kier alpha value is -3.39. The standard InChI is InChI=1S/C22H20ClN5O3/c1-31-16-8-4-13(5-9-16)17-12-18(14-2-6-15(23)7-3-14)28-21(24-17)25-22(26-28)27-19(29)10-11-20(27)30/h2-9,17-18H,10-12H2,1H3,(H,24,25,26)/t17-,18-/m0/s1. The minimum Gasteiger partial charge on any atom is -0.497 e. The molecule has 0 bridgehead atoms. The van der Waals surface area contributed by atoms with Gasteiger partial charge in [0.1, 0.15) is 5.75 Å². The first kappa shape index (κ1) is 19.6. The number of anilines is 2. The van der Waals surface area contributed by atoms with Gasteiger partial charge in [-0.05, 0) is 41.8 Å². The van der Waals surface area contributed by atoms with Crippen molar-refractivity contribution < 1.29 is 14.3 Å². The van der Waals surface area contributed by atoms with Crippen LogP contribution in [0.15, 0.2) is 48.5 Å². The third kappa shape index (κ3) is 3.53. The van der Waals surface area contributed by atoms with E-state index in [0.29, 0.717) is 17.4 Å². The van der Waals surface area contributed by atoms with Crippen LogP contribution in [0.3, 0.4) is 0 Å². The van der Waals surface area contributed by atoms with Gasteiger partial charge in [0.25, 0.3) is 5.95 Å². The molecular formula is C22H20ClN5O3. The van der Waals surface area contributed by atoms with Gasteiger partial charge in [-0.3, -0.25) is 9.59 Å². The van der Waals surface area contributed by atoms with E-state index in [1.54, 1.807) is 11.8 Å². The molecule has 0 unspecified atom stereocenters. The van der Waals surface area contributed by atoms with E-state index in [4.69, 9.17) is 16.3 Å². The molecule has 9 heteroatoms. The monoisotopic (exact) mass is 437 g/mol. The van der Waals surface area contributed by atoms with E-state index < -0.39 is 0 Å². The summed E-state index contributed by atoms with van der Waals surface area (Å²) in [6, 6.07) is 15.3. The Labute approximate surface area is 183 Å². The number of halogens is 1. The highest BCUT2D eigenvalue weighted by Crippen LogP contribution is 2.39. The molecule has 1 saturated heterocycles. The molecule has 1 N–H and O–H groups in total. The average Bonchev–Trinajstić information content (AvgIpc) is 3.35. The molecule has 2 amide bonds. The SMILES string of the molecule is COc1ccc([C@@H]2C[C@@H](c3ccc(Cl)cc3)n3nc(N4C(=O)CCC4=O)nc3N2)cc1. The number of carbonyl (C=O) groups is 2. The molecule has 0 saturated carbocycles. The van der Waals surface area contributed by atoms with Gasteiger partial charge >= 0.3 is 0 Å². The van der Waals surface area contributed by atoms with Crippen molar-refractivity contribution in [3.05, 3.63) is 64.7 Å². The first-order chi connectivity index (χ1) is 15.0. The first-order valence-electron chi connectivity index (χ1n) is 10.0. The molecule has 1 fully saturated rings. The highest BCUT2D eigenvalue weighted by atomic mass is 35.5. The van der Waals surface area contributed by atoms with Crippen LogP contribution in [0.5, 0.6) is 5.75 Å². The fourth-order valence-electron chi connectivity index (χ4n) is 4.08. The summed E-state index contributed by atoms with van der Waals surface area (Å²) in [4.78, 5) is 30.0. The van der Waals surface area contributed by atoms with E-state index in [2.05, 4.69) is 15.4 Å².